The number of carbonyl (C=O) groups is 1. The van der Waals surface area contributed by atoms with E-state index in [1.54, 1.807) is 12.3 Å². The lowest BCUT2D eigenvalue weighted by atomic mass is 10.1. The van der Waals surface area contributed by atoms with Gasteiger partial charge in [0.2, 0.25) is 0 Å². The highest BCUT2D eigenvalue weighted by atomic mass is 16.3. The highest BCUT2D eigenvalue weighted by Crippen LogP contribution is 2.37. The Morgan fingerprint density at radius 3 is 2.64 bits per heavy atom. The molecule has 1 saturated heterocycles. The van der Waals surface area contributed by atoms with Gasteiger partial charge in [0.1, 0.15) is 11.5 Å². The monoisotopic (exact) mass is 338 g/mol. The van der Waals surface area contributed by atoms with Gasteiger partial charge in [0.05, 0.1) is 17.5 Å². The van der Waals surface area contributed by atoms with Crippen LogP contribution >= 0.6 is 0 Å². The van der Waals surface area contributed by atoms with Crippen LogP contribution < -0.4 is 10.2 Å². The number of para-hydroxylation sites is 2. The van der Waals surface area contributed by atoms with E-state index in [9.17, 15) is 9.90 Å². The Labute approximate surface area is 146 Å². The zero-order valence-electron chi connectivity index (χ0n) is 14.1. The van der Waals surface area contributed by atoms with Crippen LogP contribution in [0.2, 0.25) is 0 Å². The van der Waals surface area contributed by atoms with E-state index < -0.39 is 0 Å². The molecule has 1 aromatic carbocycles. The normalized spacial score (nSPS) is 18.2. The Morgan fingerprint density at radius 2 is 1.88 bits per heavy atom. The van der Waals surface area contributed by atoms with Crippen molar-refractivity contribution in [2.24, 2.45) is 0 Å². The third-order valence-electron chi connectivity index (χ3n) is 4.81. The second kappa shape index (κ2) is 6.80. The van der Waals surface area contributed by atoms with Gasteiger partial charge in [-0.25, -0.2) is 9.97 Å². The number of amides is 1. The molecule has 6 nitrogen and oxygen atoms in total. The van der Waals surface area contributed by atoms with Gasteiger partial charge in [-0.2, -0.15) is 0 Å². The van der Waals surface area contributed by atoms with Gasteiger partial charge >= 0.3 is 0 Å². The molecule has 130 valence electrons. The summed E-state index contributed by atoms with van der Waals surface area (Å²) in [5.41, 5.74) is 2.16. The topological polar surface area (TPSA) is 78.4 Å². The number of nitrogens with one attached hydrogen (secondary N) is 1. The molecule has 0 radical (unpaired) electrons. The van der Waals surface area contributed by atoms with E-state index in [1.165, 1.54) is 0 Å². The number of aliphatic hydroxyl groups excluding tert-OH is 1. The van der Waals surface area contributed by atoms with E-state index in [1.807, 2.05) is 24.3 Å². The maximum atomic E-state index is 12.6. The largest absolute Gasteiger partial charge is 0.393 e. The van der Waals surface area contributed by atoms with Gasteiger partial charge in [0.15, 0.2) is 0 Å². The van der Waals surface area contributed by atoms with Crippen molar-refractivity contribution in [2.75, 3.05) is 23.3 Å². The molecule has 1 aliphatic carbocycles. The highest BCUT2D eigenvalue weighted by molar-refractivity contribution is 6.04. The first-order valence-corrected chi connectivity index (χ1v) is 8.87. The SMILES string of the molecule is O=C(Nc1ccccc1N1CCC(O)CC1)c1ccnc(C2CC2)n1. The molecule has 25 heavy (non-hydrogen) atoms. The minimum Gasteiger partial charge on any atom is -0.393 e. The Bertz CT molecular complexity index is 768. The number of hydrogen-bond acceptors (Lipinski definition) is 5. The van der Waals surface area contributed by atoms with Gasteiger partial charge in [0, 0.05) is 25.2 Å². The van der Waals surface area contributed by atoms with Crippen molar-refractivity contribution in [1.82, 2.24) is 9.97 Å². The van der Waals surface area contributed by atoms with Crippen molar-refractivity contribution < 1.29 is 9.90 Å². The lowest BCUT2D eigenvalue weighted by Gasteiger charge is -2.32. The van der Waals surface area contributed by atoms with Gasteiger partial charge in [-0.3, -0.25) is 4.79 Å². The molecule has 1 saturated carbocycles. The Balaban J connectivity index is 1.52. The van der Waals surface area contributed by atoms with E-state index in [2.05, 4.69) is 20.2 Å². The number of rotatable bonds is 4. The maximum absolute atomic E-state index is 12.6. The van der Waals surface area contributed by atoms with E-state index in [4.69, 9.17) is 0 Å². The number of piperidine rings is 1. The van der Waals surface area contributed by atoms with Crippen molar-refractivity contribution >= 4 is 17.3 Å². The Hall–Kier alpha value is -2.47. The minimum atomic E-state index is -0.222. The van der Waals surface area contributed by atoms with Crippen molar-refractivity contribution in [1.29, 1.82) is 0 Å². The van der Waals surface area contributed by atoms with Crippen molar-refractivity contribution in [3.05, 3.63) is 48.0 Å². The quantitative estimate of drug-likeness (QED) is 0.896. The number of nitrogens with zero attached hydrogens (tertiary/aromatic N) is 3. The molecule has 0 bridgehead atoms. The average molecular weight is 338 g/mol. The van der Waals surface area contributed by atoms with Gasteiger partial charge in [-0.15, -0.1) is 0 Å². The number of hydrogen-bond donors (Lipinski definition) is 2. The van der Waals surface area contributed by atoms with Crippen molar-refractivity contribution in [3.63, 3.8) is 0 Å². The summed E-state index contributed by atoms with van der Waals surface area (Å²) in [6.45, 7) is 1.57. The molecule has 2 N–H and O–H groups in total. The molecule has 2 aromatic rings. The van der Waals surface area contributed by atoms with Gasteiger partial charge < -0.3 is 15.3 Å². The predicted octanol–water partition coefficient (Wildman–Crippen LogP) is 2.57. The van der Waals surface area contributed by atoms with E-state index in [-0.39, 0.29) is 12.0 Å². The molecule has 0 unspecified atom stereocenters. The first-order valence-electron chi connectivity index (χ1n) is 8.87. The first kappa shape index (κ1) is 16.0. The minimum absolute atomic E-state index is 0.214. The average Bonchev–Trinajstić information content (AvgIpc) is 3.48. The van der Waals surface area contributed by atoms with Crippen LogP contribution in [-0.2, 0) is 0 Å². The molecule has 2 heterocycles. The lowest BCUT2D eigenvalue weighted by Crippen LogP contribution is -2.36. The lowest BCUT2D eigenvalue weighted by molar-refractivity contribution is 0.102. The highest BCUT2D eigenvalue weighted by Gasteiger charge is 2.27. The molecule has 0 spiro atoms. The number of aromatic nitrogens is 2. The number of carbonyl (C=O) groups excluding carboxylic acids is 1. The summed E-state index contributed by atoms with van der Waals surface area (Å²) in [4.78, 5) is 23.5. The summed E-state index contributed by atoms with van der Waals surface area (Å²) in [6.07, 6.45) is 5.15. The van der Waals surface area contributed by atoms with Crippen LogP contribution in [0.3, 0.4) is 0 Å². The van der Waals surface area contributed by atoms with E-state index >= 15 is 0 Å². The van der Waals surface area contributed by atoms with Gasteiger partial charge in [0.25, 0.3) is 5.91 Å². The summed E-state index contributed by atoms with van der Waals surface area (Å²) in [6, 6.07) is 9.44. The molecule has 1 aromatic heterocycles. The summed E-state index contributed by atoms with van der Waals surface area (Å²) in [7, 11) is 0. The van der Waals surface area contributed by atoms with Crippen LogP contribution in [0, 0.1) is 0 Å². The Morgan fingerprint density at radius 1 is 1.12 bits per heavy atom. The molecular weight excluding hydrogens is 316 g/mol. The maximum Gasteiger partial charge on any atom is 0.274 e. The summed E-state index contributed by atoms with van der Waals surface area (Å²) >= 11 is 0. The van der Waals surface area contributed by atoms with Crippen molar-refractivity contribution in [3.8, 4) is 0 Å². The molecular formula is C19H22N4O2. The molecule has 1 aliphatic heterocycles. The number of anilines is 2. The van der Waals surface area contributed by atoms with E-state index in [0.717, 1.165) is 56.0 Å². The summed E-state index contributed by atoms with van der Waals surface area (Å²) < 4.78 is 0. The smallest absolute Gasteiger partial charge is 0.274 e. The number of aliphatic hydroxyl groups is 1. The number of benzene rings is 1. The van der Waals surface area contributed by atoms with E-state index in [0.29, 0.717) is 11.6 Å². The zero-order chi connectivity index (χ0) is 17.2. The molecule has 2 aliphatic rings. The summed E-state index contributed by atoms with van der Waals surface area (Å²) in [5.74, 6) is 0.972. The Kier molecular flexibility index (Phi) is 4.36. The van der Waals surface area contributed by atoms with Gasteiger partial charge in [-0.1, -0.05) is 12.1 Å². The standard InChI is InChI=1S/C19H22N4O2/c24-14-8-11-23(12-9-14)17-4-2-1-3-15(17)22-19(25)16-7-10-20-18(21-16)13-5-6-13/h1-4,7,10,13-14,24H,5-6,8-9,11-12H2,(H,22,25). The van der Waals surface area contributed by atoms with Gasteiger partial charge in [-0.05, 0) is 43.9 Å². The molecule has 6 heteroatoms. The third-order valence-corrected chi connectivity index (χ3v) is 4.81. The first-order chi connectivity index (χ1) is 12.2. The summed E-state index contributed by atoms with van der Waals surface area (Å²) in [5, 5.41) is 12.7. The van der Waals surface area contributed by atoms with Crippen LogP contribution in [0.25, 0.3) is 0 Å². The molecule has 4 rings (SSSR count). The molecule has 2 fully saturated rings. The van der Waals surface area contributed by atoms with Crippen LogP contribution in [0.15, 0.2) is 36.5 Å². The third kappa shape index (κ3) is 3.64. The van der Waals surface area contributed by atoms with Crippen LogP contribution in [-0.4, -0.2) is 40.2 Å². The fraction of sp³-hybridized carbons (Fsp3) is 0.421. The second-order valence-corrected chi connectivity index (χ2v) is 6.76. The van der Waals surface area contributed by atoms with Crippen molar-refractivity contribution in [2.45, 2.75) is 37.7 Å². The fourth-order valence-corrected chi connectivity index (χ4v) is 3.19. The molecule has 0 atom stereocenters. The van der Waals surface area contributed by atoms with Crippen LogP contribution in [0.4, 0.5) is 11.4 Å². The van der Waals surface area contributed by atoms with Crippen LogP contribution in [0.5, 0.6) is 0 Å². The fourth-order valence-electron chi connectivity index (χ4n) is 3.19. The van der Waals surface area contributed by atoms with Crippen LogP contribution in [0.1, 0.15) is 47.9 Å². The molecule has 1 amide bonds. The zero-order valence-corrected chi connectivity index (χ0v) is 14.1. The second-order valence-electron chi connectivity index (χ2n) is 6.76. The predicted molar refractivity (Wildman–Crippen MR) is 95.9 cm³/mol.